The fraction of sp³-hybridized carbons (Fsp3) is 0.0365. The van der Waals surface area contributed by atoms with Crippen LogP contribution in [0.25, 0.3) is 215 Å². The second-order valence-corrected chi connectivity index (χ2v) is 39.0. The van der Waals surface area contributed by atoms with Gasteiger partial charge in [0.05, 0.1) is 43.9 Å². The summed E-state index contributed by atoms with van der Waals surface area (Å²) in [4.78, 5) is 0. The van der Waals surface area contributed by atoms with Gasteiger partial charge in [-0.25, -0.2) is 0 Å². The number of para-hydroxylation sites is 5. The lowest BCUT2D eigenvalue weighted by Gasteiger charge is -2.30. The fourth-order valence-corrected chi connectivity index (χ4v) is 26.0. The van der Waals surface area contributed by atoms with E-state index in [1.165, 1.54) is 271 Å². The summed E-state index contributed by atoms with van der Waals surface area (Å²) in [6, 6.07) is 187. The third-order valence-electron chi connectivity index (χ3n) is 31.8. The molecule has 5 aliphatic rings. The van der Waals surface area contributed by atoms with Crippen LogP contribution in [0, 0.1) is 0 Å². The standard InChI is InChI=1S/C53H33N.C47H29N.C37H27N/c1-2-14-37(15-3-1)54-51-25-13-9-20-43(51)46-33-45(38-16-4-5-21-44(38)52(46)54)35-28-26-34(27-29-35)36-30-31-42-41-19-8-12-24-49(41)53(50(42)32-36)47-22-10-6-17-39(47)40-18-7-11-23-48(40)53;1-2-14-30(15-3-1)39-29-40-37-20-9-13-25-45(37)48(46(40)38-21-5-4-16-32(38)39)31-26-27-36-35-19-8-12-24-43(35)47(44(36)28-31)41-22-10-6-17-33(41)34-18-7-11-23-42(34)47;1-37(2)33-18-10-8-15-27(33)28-21-20-24(22-34(28)37)31-23-32-29-16-9-11-19-35(29)38(25-12-4-3-5-13-25)36(32)30-17-7-6-14-26(30)31/h1-33H;1-29H;3-23H,1-2H3. The number of benzene rings is 23. The van der Waals surface area contributed by atoms with Gasteiger partial charge in [-0.1, -0.05) is 432 Å². The highest BCUT2D eigenvalue weighted by atomic mass is 15.0. The van der Waals surface area contributed by atoms with Gasteiger partial charge in [-0.05, 0) is 257 Å². The molecule has 140 heavy (non-hydrogen) atoms. The Hall–Kier alpha value is -17.8. The molecule has 2 spiro atoms. The quantitative estimate of drug-likeness (QED) is 0.151. The van der Waals surface area contributed by atoms with Gasteiger partial charge in [-0.15, -0.1) is 0 Å². The molecular formula is C137H89N3. The molecule has 0 saturated carbocycles. The number of hydrogen-bond acceptors (Lipinski definition) is 0. The SMILES string of the molecule is CC1(C)c2ccccc2-c2ccc(-c3cc4c5ccccc5n(-c5ccccc5)c4c4ccccc34)cc21.c1ccc(-c2cc3c4ccccc4n(-c4ccc5c(c4)C4(c6ccccc6-c6ccccc64)c4ccccc4-5)c3c3ccccc23)cc1.c1ccc(-n2c3ccccc3c3cc(-c4ccc(-c5ccc6c(c5)C5(c7ccccc7-c7ccccc75)c5ccccc5-6)cc4)c4ccccc4c32)cc1. The van der Waals surface area contributed by atoms with Crippen LogP contribution in [0.2, 0.25) is 0 Å². The predicted octanol–water partition coefficient (Wildman–Crippen LogP) is 35.5. The molecule has 23 aromatic carbocycles. The summed E-state index contributed by atoms with van der Waals surface area (Å²) < 4.78 is 7.38. The van der Waals surface area contributed by atoms with Crippen LogP contribution in [0.5, 0.6) is 0 Å². The lowest BCUT2D eigenvalue weighted by atomic mass is 9.70. The molecule has 0 atom stereocenters. The van der Waals surface area contributed by atoms with Crippen LogP contribution in [0.15, 0.2) is 504 Å². The zero-order valence-corrected chi connectivity index (χ0v) is 77.3. The van der Waals surface area contributed by atoms with Gasteiger partial charge >= 0.3 is 0 Å². The number of hydrogen-bond donors (Lipinski definition) is 0. The van der Waals surface area contributed by atoms with E-state index >= 15 is 0 Å². The van der Waals surface area contributed by atoms with E-state index in [1.54, 1.807) is 0 Å². The van der Waals surface area contributed by atoms with Crippen LogP contribution in [0.3, 0.4) is 0 Å². The smallest absolute Gasteiger partial charge is 0.0726 e. The number of nitrogens with zero attached hydrogens (tertiary/aromatic N) is 3. The van der Waals surface area contributed by atoms with Gasteiger partial charge in [0.15, 0.2) is 0 Å². The van der Waals surface area contributed by atoms with E-state index in [0.717, 1.165) is 0 Å². The predicted molar refractivity (Wildman–Crippen MR) is 587 cm³/mol. The van der Waals surface area contributed by atoms with E-state index in [0.29, 0.717) is 0 Å². The van der Waals surface area contributed by atoms with Gasteiger partial charge < -0.3 is 13.7 Å². The Morgan fingerprint density at radius 3 is 0.779 bits per heavy atom. The summed E-state index contributed by atoms with van der Waals surface area (Å²) in [5, 5.41) is 15.3. The zero-order chi connectivity index (χ0) is 92.2. The van der Waals surface area contributed by atoms with Gasteiger partial charge in [-0.3, -0.25) is 0 Å². The van der Waals surface area contributed by atoms with Gasteiger partial charge in [0.2, 0.25) is 0 Å². The van der Waals surface area contributed by atoms with Crippen molar-refractivity contribution in [3.05, 3.63) is 559 Å². The maximum Gasteiger partial charge on any atom is 0.0726 e. The highest BCUT2D eigenvalue weighted by Gasteiger charge is 2.54. The molecule has 3 nitrogen and oxygen atoms in total. The highest BCUT2D eigenvalue weighted by molar-refractivity contribution is 6.25. The maximum absolute atomic E-state index is 2.52. The average molecular weight is 1780 g/mol. The third-order valence-corrected chi connectivity index (χ3v) is 31.8. The summed E-state index contributed by atoms with van der Waals surface area (Å²) in [5.74, 6) is 0. The minimum atomic E-state index is -0.379. The largest absolute Gasteiger partial charge is 0.309 e. The Kier molecular flexibility index (Phi) is 17.4. The van der Waals surface area contributed by atoms with Crippen LogP contribution in [-0.4, -0.2) is 13.7 Å². The monoisotopic (exact) mass is 1780 g/mol. The Bertz CT molecular complexity index is 9590. The molecule has 3 heterocycles. The second-order valence-electron chi connectivity index (χ2n) is 39.0. The maximum atomic E-state index is 2.52. The van der Waals surface area contributed by atoms with E-state index < -0.39 is 0 Å². The molecule has 3 aromatic heterocycles. The molecule has 0 unspecified atom stereocenters. The van der Waals surface area contributed by atoms with E-state index in [4.69, 9.17) is 0 Å². The average Bonchev–Trinajstić information content (AvgIpc) is 1.61. The molecule has 0 fully saturated rings. The zero-order valence-electron chi connectivity index (χ0n) is 77.3. The molecule has 0 aliphatic heterocycles. The topological polar surface area (TPSA) is 14.8 Å². The summed E-state index contributed by atoms with van der Waals surface area (Å²) in [5.41, 5.74) is 47.4. The van der Waals surface area contributed by atoms with Crippen molar-refractivity contribution in [1.82, 2.24) is 13.7 Å². The van der Waals surface area contributed by atoms with Crippen LogP contribution in [0.1, 0.15) is 69.5 Å². The van der Waals surface area contributed by atoms with E-state index in [2.05, 4.69) is 531 Å². The van der Waals surface area contributed by atoms with Crippen molar-refractivity contribution in [2.24, 2.45) is 0 Å². The minimum absolute atomic E-state index is 0.0226. The lowest BCUT2D eigenvalue weighted by Crippen LogP contribution is -2.26. The summed E-state index contributed by atoms with van der Waals surface area (Å²) >= 11 is 0. The van der Waals surface area contributed by atoms with Gasteiger partial charge in [-0.2, -0.15) is 0 Å². The lowest BCUT2D eigenvalue weighted by molar-refractivity contribution is 0.660. The van der Waals surface area contributed by atoms with Gasteiger partial charge in [0.1, 0.15) is 0 Å². The first-order chi connectivity index (χ1) is 69.3. The summed E-state index contributed by atoms with van der Waals surface area (Å²) in [6.45, 7) is 4.71. The molecular weight excluding hydrogens is 1690 g/mol. The summed E-state index contributed by atoms with van der Waals surface area (Å²) in [7, 11) is 0. The van der Waals surface area contributed by atoms with E-state index in [-0.39, 0.29) is 16.2 Å². The third kappa shape index (κ3) is 11.2. The second kappa shape index (κ2) is 30.6. The van der Waals surface area contributed by atoms with Crippen LogP contribution < -0.4 is 0 Å². The first-order valence-corrected chi connectivity index (χ1v) is 49.0. The molecule has 5 aliphatic carbocycles. The van der Waals surface area contributed by atoms with Crippen molar-refractivity contribution in [3.63, 3.8) is 0 Å². The first-order valence-electron chi connectivity index (χ1n) is 49.0. The van der Waals surface area contributed by atoms with Crippen molar-refractivity contribution in [1.29, 1.82) is 0 Å². The molecule has 0 radical (unpaired) electrons. The molecule has 3 heteroatoms. The van der Waals surface area contributed by atoms with Crippen LogP contribution in [-0.2, 0) is 16.2 Å². The Morgan fingerprint density at radius 2 is 0.386 bits per heavy atom. The molecule has 0 bridgehead atoms. The van der Waals surface area contributed by atoms with Crippen molar-refractivity contribution in [2.75, 3.05) is 0 Å². The molecule has 26 aromatic rings. The summed E-state index contributed by atoms with van der Waals surface area (Å²) in [6.07, 6.45) is 0. The van der Waals surface area contributed by atoms with E-state index in [1.807, 2.05) is 0 Å². The Balaban J connectivity index is 0.000000102. The fourth-order valence-electron chi connectivity index (χ4n) is 26.0. The number of aromatic nitrogens is 3. The minimum Gasteiger partial charge on any atom is -0.309 e. The molecule has 0 amide bonds. The van der Waals surface area contributed by atoms with Crippen molar-refractivity contribution in [2.45, 2.75) is 30.1 Å². The normalized spacial score (nSPS) is 13.5. The van der Waals surface area contributed by atoms with Crippen molar-refractivity contribution in [3.8, 4) is 117 Å². The molecule has 0 saturated heterocycles. The van der Waals surface area contributed by atoms with Gasteiger partial charge in [0, 0.05) is 71.0 Å². The van der Waals surface area contributed by atoms with Crippen LogP contribution >= 0.6 is 0 Å². The van der Waals surface area contributed by atoms with Gasteiger partial charge in [0.25, 0.3) is 0 Å². The van der Waals surface area contributed by atoms with Crippen molar-refractivity contribution >= 4 is 97.7 Å². The Morgan fingerprint density at radius 1 is 0.136 bits per heavy atom. The highest BCUT2D eigenvalue weighted by Crippen LogP contribution is 2.66. The number of fused-ring (bicyclic) bond motifs is 38. The molecule has 0 N–H and O–H groups in total. The van der Waals surface area contributed by atoms with Crippen molar-refractivity contribution < 1.29 is 0 Å². The molecule has 31 rings (SSSR count). The Labute approximate surface area is 812 Å². The van der Waals surface area contributed by atoms with Crippen LogP contribution in [0.4, 0.5) is 0 Å². The number of rotatable bonds is 7. The molecule has 652 valence electrons. The first kappa shape index (κ1) is 79.6. The van der Waals surface area contributed by atoms with E-state index in [9.17, 15) is 0 Å².